The van der Waals surface area contributed by atoms with Crippen LogP contribution in [0, 0.1) is 0 Å². The lowest BCUT2D eigenvalue weighted by molar-refractivity contribution is -0.126. The molecule has 2 heterocycles. The molecule has 38 heavy (non-hydrogen) atoms. The van der Waals surface area contributed by atoms with Gasteiger partial charge in [0, 0.05) is 30.7 Å². The van der Waals surface area contributed by atoms with Crippen molar-refractivity contribution in [1.82, 2.24) is 20.2 Å². The first-order valence-electron chi connectivity index (χ1n) is 13.0. The summed E-state index contributed by atoms with van der Waals surface area (Å²) in [6.07, 6.45) is 7.43. The Kier molecular flexibility index (Phi) is 7.83. The summed E-state index contributed by atoms with van der Waals surface area (Å²) < 4.78 is 5.31. The molecule has 194 valence electrons. The fourth-order valence-corrected chi connectivity index (χ4v) is 5.04. The summed E-state index contributed by atoms with van der Waals surface area (Å²) in [6.45, 7) is 0.244. The fourth-order valence-electron chi connectivity index (χ4n) is 5.04. The second kappa shape index (κ2) is 11.8. The first-order chi connectivity index (χ1) is 18.6. The second-order valence-electron chi connectivity index (χ2n) is 9.61. The van der Waals surface area contributed by atoms with Gasteiger partial charge in [-0.05, 0) is 65.9 Å². The standard InChI is InChI=1S/C31H32N4O3/c1-38-26-13-11-22(12-14-26)21-35(31(37)28-16-15-27(34-28)23-7-3-2-4-8-23)29(24-17-19-32-20-18-24)30(36)33-25-9-5-6-10-25/h2-4,7-8,11-20,25,29,34H,5-6,9-10,21H2,1H3,(H,33,36)/t29-/m1/s1. The van der Waals surface area contributed by atoms with E-state index in [2.05, 4.69) is 15.3 Å². The van der Waals surface area contributed by atoms with Crippen LogP contribution in [0.4, 0.5) is 0 Å². The predicted molar refractivity (Wildman–Crippen MR) is 146 cm³/mol. The molecule has 2 amide bonds. The number of nitrogens with one attached hydrogen (secondary N) is 2. The number of rotatable bonds is 9. The molecule has 2 aromatic heterocycles. The van der Waals surface area contributed by atoms with E-state index in [4.69, 9.17) is 4.74 Å². The van der Waals surface area contributed by atoms with Crippen LogP contribution in [-0.4, -0.2) is 39.8 Å². The zero-order chi connectivity index (χ0) is 26.3. The van der Waals surface area contributed by atoms with Crippen LogP contribution in [0.15, 0.2) is 91.3 Å². The molecule has 2 N–H and O–H groups in total. The van der Waals surface area contributed by atoms with E-state index < -0.39 is 6.04 Å². The summed E-state index contributed by atoms with van der Waals surface area (Å²) in [7, 11) is 1.62. The largest absolute Gasteiger partial charge is 0.497 e. The Morgan fingerprint density at radius 2 is 1.68 bits per heavy atom. The average Bonchev–Trinajstić information content (AvgIpc) is 3.67. The lowest BCUT2D eigenvalue weighted by atomic mass is 10.0. The van der Waals surface area contributed by atoms with Crippen molar-refractivity contribution in [2.75, 3.05) is 7.11 Å². The number of nitrogens with zero attached hydrogens (tertiary/aromatic N) is 2. The number of carbonyl (C=O) groups excluding carboxylic acids is 2. The summed E-state index contributed by atoms with van der Waals surface area (Å²) in [4.78, 5) is 37.0. The molecule has 0 unspecified atom stereocenters. The smallest absolute Gasteiger partial charge is 0.271 e. The van der Waals surface area contributed by atoms with Gasteiger partial charge in [-0.15, -0.1) is 0 Å². The molecular weight excluding hydrogens is 476 g/mol. The van der Waals surface area contributed by atoms with Crippen LogP contribution in [0.5, 0.6) is 5.75 Å². The van der Waals surface area contributed by atoms with Crippen molar-refractivity contribution in [3.05, 3.63) is 108 Å². The maximum atomic E-state index is 14.1. The zero-order valence-electron chi connectivity index (χ0n) is 21.5. The van der Waals surface area contributed by atoms with E-state index in [1.807, 2.05) is 60.7 Å². The monoisotopic (exact) mass is 508 g/mol. The first kappa shape index (κ1) is 25.3. The van der Waals surface area contributed by atoms with Gasteiger partial charge in [0.25, 0.3) is 5.91 Å². The first-order valence-corrected chi connectivity index (χ1v) is 13.0. The molecule has 0 bridgehead atoms. The maximum Gasteiger partial charge on any atom is 0.271 e. The molecule has 1 fully saturated rings. The molecule has 1 atom stereocenters. The topological polar surface area (TPSA) is 87.3 Å². The summed E-state index contributed by atoms with van der Waals surface area (Å²) >= 11 is 0. The van der Waals surface area contributed by atoms with Gasteiger partial charge in [0.05, 0.1) is 7.11 Å². The highest BCUT2D eigenvalue weighted by Gasteiger charge is 2.34. The van der Waals surface area contributed by atoms with Gasteiger partial charge in [0.2, 0.25) is 5.91 Å². The third kappa shape index (κ3) is 5.78. The molecule has 1 aliphatic carbocycles. The number of aromatic amines is 1. The molecule has 0 aliphatic heterocycles. The third-order valence-electron chi connectivity index (χ3n) is 7.06. The van der Waals surface area contributed by atoms with Gasteiger partial charge in [-0.2, -0.15) is 0 Å². The lowest BCUT2D eigenvalue weighted by Crippen LogP contribution is -2.46. The van der Waals surface area contributed by atoms with Crippen LogP contribution in [0.25, 0.3) is 11.3 Å². The normalized spacial score (nSPS) is 14.1. The zero-order valence-corrected chi connectivity index (χ0v) is 21.5. The second-order valence-corrected chi connectivity index (χ2v) is 9.61. The van der Waals surface area contributed by atoms with E-state index in [1.54, 1.807) is 42.6 Å². The molecule has 0 spiro atoms. The summed E-state index contributed by atoms with van der Waals surface area (Å²) in [6, 6.07) is 24.0. The highest BCUT2D eigenvalue weighted by molar-refractivity contribution is 5.97. The van der Waals surface area contributed by atoms with Crippen molar-refractivity contribution in [3.63, 3.8) is 0 Å². The Balaban J connectivity index is 1.52. The van der Waals surface area contributed by atoms with Crippen LogP contribution in [0.3, 0.4) is 0 Å². The molecule has 4 aromatic rings. The van der Waals surface area contributed by atoms with Crippen LogP contribution < -0.4 is 10.1 Å². The highest BCUT2D eigenvalue weighted by atomic mass is 16.5. The number of hydrogen-bond acceptors (Lipinski definition) is 4. The van der Waals surface area contributed by atoms with Gasteiger partial charge in [-0.1, -0.05) is 55.3 Å². The van der Waals surface area contributed by atoms with E-state index in [0.29, 0.717) is 11.3 Å². The molecular formula is C31H32N4O3. The molecule has 2 aromatic carbocycles. The highest BCUT2D eigenvalue weighted by Crippen LogP contribution is 2.28. The van der Waals surface area contributed by atoms with Crippen molar-refractivity contribution in [2.45, 2.75) is 44.3 Å². The minimum absolute atomic E-state index is 0.125. The van der Waals surface area contributed by atoms with Crippen molar-refractivity contribution < 1.29 is 14.3 Å². The predicted octanol–water partition coefficient (Wildman–Crippen LogP) is 5.53. The van der Waals surface area contributed by atoms with Crippen molar-refractivity contribution in [2.24, 2.45) is 0 Å². The van der Waals surface area contributed by atoms with Crippen LogP contribution in [-0.2, 0) is 11.3 Å². The minimum Gasteiger partial charge on any atom is -0.497 e. The average molecular weight is 509 g/mol. The molecule has 7 heteroatoms. The Morgan fingerprint density at radius 1 is 0.974 bits per heavy atom. The van der Waals surface area contributed by atoms with Crippen molar-refractivity contribution in [1.29, 1.82) is 0 Å². The number of amides is 2. The van der Waals surface area contributed by atoms with E-state index >= 15 is 0 Å². The van der Waals surface area contributed by atoms with Gasteiger partial charge in [0.15, 0.2) is 0 Å². The van der Waals surface area contributed by atoms with Gasteiger partial charge in [-0.3, -0.25) is 14.6 Å². The number of benzene rings is 2. The SMILES string of the molecule is COc1ccc(CN(C(=O)c2ccc(-c3ccccc3)[nH]2)[C@@H](C(=O)NC2CCCC2)c2ccncc2)cc1. The van der Waals surface area contributed by atoms with Crippen LogP contribution in [0.1, 0.15) is 53.3 Å². The molecule has 0 radical (unpaired) electrons. The Labute approximate surface area is 222 Å². The lowest BCUT2D eigenvalue weighted by Gasteiger charge is -2.32. The van der Waals surface area contributed by atoms with Crippen molar-refractivity contribution in [3.8, 4) is 17.0 Å². The quantitative estimate of drug-likeness (QED) is 0.311. The van der Waals surface area contributed by atoms with Crippen molar-refractivity contribution >= 4 is 11.8 Å². The Bertz CT molecular complexity index is 1350. The van der Waals surface area contributed by atoms with Crippen LogP contribution >= 0.6 is 0 Å². The third-order valence-corrected chi connectivity index (χ3v) is 7.06. The minimum atomic E-state index is -0.823. The number of hydrogen-bond donors (Lipinski definition) is 2. The number of ether oxygens (including phenoxy) is 1. The van der Waals surface area contributed by atoms with E-state index in [0.717, 1.165) is 48.3 Å². The molecule has 5 rings (SSSR count). The summed E-state index contributed by atoms with van der Waals surface area (Å²) in [5.74, 6) is 0.291. The maximum absolute atomic E-state index is 14.1. The summed E-state index contributed by atoms with van der Waals surface area (Å²) in [5, 5.41) is 3.22. The fraction of sp³-hybridized carbons (Fsp3) is 0.258. The summed E-state index contributed by atoms with van der Waals surface area (Å²) in [5.41, 5.74) is 3.85. The van der Waals surface area contributed by atoms with Crippen LogP contribution in [0.2, 0.25) is 0 Å². The van der Waals surface area contributed by atoms with Gasteiger partial charge >= 0.3 is 0 Å². The Morgan fingerprint density at radius 3 is 2.37 bits per heavy atom. The Hall–Kier alpha value is -4.39. The molecule has 7 nitrogen and oxygen atoms in total. The molecule has 1 aliphatic rings. The van der Waals surface area contributed by atoms with E-state index in [-0.39, 0.29) is 24.4 Å². The van der Waals surface area contributed by atoms with Gasteiger partial charge in [0.1, 0.15) is 17.5 Å². The number of pyridine rings is 1. The van der Waals surface area contributed by atoms with Gasteiger partial charge < -0.3 is 19.9 Å². The molecule has 0 saturated heterocycles. The van der Waals surface area contributed by atoms with E-state index in [1.165, 1.54) is 0 Å². The number of carbonyl (C=O) groups is 2. The molecule has 1 saturated carbocycles. The van der Waals surface area contributed by atoms with E-state index in [9.17, 15) is 9.59 Å². The number of aromatic nitrogens is 2. The number of H-pyrrole nitrogens is 1. The van der Waals surface area contributed by atoms with Gasteiger partial charge in [-0.25, -0.2) is 0 Å². The number of methoxy groups -OCH3 is 1.